The number of nitrogens with one attached hydrogen (secondary N) is 2. The van der Waals surface area contributed by atoms with E-state index in [-0.39, 0.29) is 18.0 Å². The summed E-state index contributed by atoms with van der Waals surface area (Å²) >= 11 is 0. The minimum absolute atomic E-state index is 0.0529. The van der Waals surface area contributed by atoms with Gasteiger partial charge in [0.25, 0.3) is 0 Å². The molecule has 1 fully saturated rings. The fraction of sp³-hybridized carbons (Fsp3) is 0.933. The van der Waals surface area contributed by atoms with Crippen LogP contribution in [0.4, 0.5) is 0 Å². The van der Waals surface area contributed by atoms with Crippen molar-refractivity contribution in [1.82, 2.24) is 14.9 Å². The fourth-order valence-corrected chi connectivity index (χ4v) is 3.98. The van der Waals surface area contributed by atoms with E-state index in [9.17, 15) is 8.42 Å². The predicted molar refractivity (Wildman–Crippen MR) is 94.2 cm³/mol. The molecular formula is C15H32N4O3S. The second-order valence-electron chi connectivity index (χ2n) is 6.50. The third-order valence-electron chi connectivity index (χ3n) is 3.67. The van der Waals surface area contributed by atoms with Gasteiger partial charge in [0.1, 0.15) is 0 Å². The van der Waals surface area contributed by atoms with E-state index in [4.69, 9.17) is 4.74 Å². The first-order valence-corrected chi connectivity index (χ1v) is 9.93. The van der Waals surface area contributed by atoms with E-state index >= 15 is 0 Å². The zero-order valence-corrected chi connectivity index (χ0v) is 15.8. The number of aliphatic imine (C=N–C) groups is 1. The molecule has 8 heteroatoms. The van der Waals surface area contributed by atoms with Gasteiger partial charge in [0.2, 0.25) is 10.0 Å². The van der Waals surface area contributed by atoms with Crippen LogP contribution in [0.3, 0.4) is 0 Å². The first-order valence-electron chi connectivity index (χ1n) is 8.32. The average molecular weight is 349 g/mol. The molecule has 136 valence electrons. The lowest BCUT2D eigenvalue weighted by Crippen LogP contribution is -2.50. The lowest BCUT2D eigenvalue weighted by atomic mass is 10.1. The molecular weight excluding hydrogens is 316 g/mol. The summed E-state index contributed by atoms with van der Waals surface area (Å²) in [5.74, 6) is 1.31. The molecule has 0 saturated carbocycles. The Morgan fingerprint density at radius 1 is 1.22 bits per heavy atom. The van der Waals surface area contributed by atoms with Gasteiger partial charge in [0.15, 0.2) is 5.96 Å². The van der Waals surface area contributed by atoms with Crippen molar-refractivity contribution in [3.05, 3.63) is 0 Å². The summed E-state index contributed by atoms with van der Waals surface area (Å²) in [6.07, 6.45) is 0.918. The molecule has 0 aromatic rings. The Kier molecular flexibility index (Phi) is 8.28. The first-order chi connectivity index (χ1) is 10.7. The van der Waals surface area contributed by atoms with Crippen molar-refractivity contribution in [1.29, 1.82) is 0 Å². The monoisotopic (exact) mass is 348 g/mol. The average Bonchev–Trinajstić information content (AvgIpc) is 2.44. The van der Waals surface area contributed by atoms with E-state index in [1.165, 1.54) is 4.31 Å². The van der Waals surface area contributed by atoms with Crippen molar-refractivity contribution in [2.75, 3.05) is 39.0 Å². The van der Waals surface area contributed by atoms with Crippen LogP contribution in [0.5, 0.6) is 0 Å². The summed E-state index contributed by atoms with van der Waals surface area (Å²) in [4.78, 5) is 4.11. The molecule has 0 amide bonds. The molecule has 1 rings (SSSR count). The predicted octanol–water partition coefficient (Wildman–Crippen LogP) is 0.637. The van der Waals surface area contributed by atoms with Gasteiger partial charge in [0.05, 0.1) is 18.0 Å². The maximum absolute atomic E-state index is 12.4. The number of ether oxygens (including phenoxy) is 1. The van der Waals surface area contributed by atoms with E-state index in [0.717, 1.165) is 13.0 Å². The Morgan fingerprint density at radius 2 is 1.78 bits per heavy atom. The highest BCUT2D eigenvalue weighted by Gasteiger charge is 2.30. The Labute approximate surface area is 140 Å². The largest absolute Gasteiger partial charge is 0.373 e. The molecule has 0 aromatic carbocycles. The van der Waals surface area contributed by atoms with Crippen LogP contribution in [0, 0.1) is 5.92 Å². The van der Waals surface area contributed by atoms with Gasteiger partial charge in [-0.2, -0.15) is 4.31 Å². The number of morpholine rings is 1. The van der Waals surface area contributed by atoms with E-state index in [2.05, 4.69) is 29.5 Å². The van der Waals surface area contributed by atoms with E-state index in [0.29, 0.717) is 31.5 Å². The first kappa shape index (κ1) is 20.2. The van der Waals surface area contributed by atoms with Crippen LogP contribution >= 0.6 is 0 Å². The molecule has 0 radical (unpaired) electrons. The van der Waals surface area contributed by atoms with Crippen LogP contribution < -0.4 is 10.6 Å². The van der Waals surface area contributed by atoms with E-state index in [1.807, 2.05) is 13.8 Å². The van der Waals surface area contributed by atoms with Gasteiger partial charge in [-0.05, 0) is 26.2 Å². The van der Waals surface area contributed by atoms with E-state index < -0.39 is 10.0 Å². The summed E-state index contributed by atoms with van der Waals surface area (Å²) in [5, 5.41) is 6.25. The number of nitrogens with zero attached hydrogens (tertiary/aromatic N) is 2. The molecule has 23 heavy (non-hydrogen) atoms. The van der Waals surface area contributed by atoms with Gasteiger partial charge >= 0.3 is 0 Å². The smallest absolute Gasteiger partial charge is 0.216 e. The number of sulfonamides is 1. The van der Waals surface area contributed by atoms with Crippen molar-refractivity contribution in [3.63, 3.8) is 0 Å². The summed E-state index contributed by atoms with van der Waals surface area (Å²) in [6.45, 7) is 10.1. The molecule has 0 bridgehead atoms. The topological polar surface area (TPSA) is 83.0 Å². The summed E-state index contributed by atoms with van der Waals surface area (Å²) < 4.78 is 32.0. The maximum atomic E-state index is 12.4. The molecule has 2 atom stereocenters. The lowest BCUT2D eigenvalue weighted by Gasteiger charge is -2.34. The zero-order chi connectivity index (χ0) is 17.5. The van der Waals surface area contributed by atoms with Crippen molar-refractivity contribution >= 4 is 16.0 Å². The molecule has 1 saturated heterocycles. The van der Waals surface area contributed by atoms with Gasteiger partial charge in [-0.25, -0.2) is 8.42 Å². The zero-order valence-electron chi connectivity index (χ0n) is 15.0. The molecule has 7 nitrogen and oxygen atoms in total. The Balaban J connectivity index is 2.40. The quantitative estimate of drug-likeness (QED) is 0.521. The maximum Gasteiger partial charge on any atom is 0.216 e. The van der Waals surface area contributed by atoms with E-state index in [1.54, 1.807) is 7.05 Å². The number of hydrogen-bond donors (Lipinski definition) is 2. The number of guanidine groups is 1. The molecule has 2 unspecified atom stereocenters. The van der Waals surface area contributed by atoms with Gasteiger partial charge < -0.3 is 15.4 Å². The highest BCUT2D eigenvalue weighted by Crippen LogP contribution is 2.14. The second-order valence-corrected chi connectivity index (χ2v) is 8.59. The van der Waals surface area contributed by atoms with Crippen LogP contribution in [0.25, 0.3) is 0 Å². The van der Waals surface area contributed by atoms with Crippen LogP contribution in [0.2, 0.25) is 0 Å². The van der Waals surface area contributed by atoms with Crippen molar-refractivity contribution < 1.29 is 13.2 Å². The normalized spacial score (nSPS) is 24.0. The minimum Gasteiger partial charge on any atom is -0.373 e. The fourth-order valence-electron chi connectivity index (χ4n) is 2.49. The van der Waals surface area contributed by atoms with Crippen LogP contribution in [0.1, 0.15) is 34.1 Å². The molecule has 0 aromatic heterocycles. The van der Waals surface area contributed by atoms with Crippen LogP contribution in [-0.4, -0.2) is 69.9 Å². The Morgan fingerprint density at radius 3 is 2.30 bits per heavy atom. The van der Waals surface area contributed by atoms with Gasteiger partial charge in [0, 0.05) is 33.2 Å². The van der Waals surface area contributed by atoms with Crippen molar-refractivity contribution in [2.24, 2.45) is 10.9 Å². The standard InChI is InChI=1S/C15H32N4O3S/c1-12(2)6-7-17-15(16-5)18-8-9-23(20,21)19-10-13(3)22-14(4)11-19/h12-14H,6-11H2,1-5H3,(H2,16,17,18). The van der Waals surface area contributed by atoms with Crippen molar-refractivity contribution in [2.45, 2.75) is 46.3 Å². The minimum atomic E-state index is -3.28. The van der Waals surface area contributed by atoms with Crippen LogP contribution in [-0.2, 0) is 14.8 Å². The van der Waals surface area contributed by atoms with Gasteiger partial charge in [-0.1, -0.05) is 13.8 Å². The molecule has 0 spiro atoms. The molecule has 2 N–H and O–H groups in total. The summed E-state index contributed by atoms with van der Waals surface area (Å²) in [6, 6.07) is 0. The molecule has 0 aliphatic carbocycles. The summed E-state index contributed by atoms with van der Waals surface area (Å²) in [5.41, 5.74) is 0. The highest BCUT2D eigenvalue weighted by molar-refractivity contribution is 7.89. The Bertz CT molecular complexity index is 469. The summed E-state index contributed by atoms with van der Waals surface area (Å²) in [7, 11) is -1.59. The van der Waals surface area contributed by atoms with Gasteiger partial charge in [-0.3, -0.25) is 4.99 Å². The third kappa shape index (κ3) is 7.50. The van der Waals surface area contributed by atoms with Gasteiger partial charge in [-0.15, -0.1) is 0 Å². The lowest BCUT2D eigenvalue weighted by molar-refractivity contribution is -0.0440. The third-order valence-corrected chi connectivity index (χ3v) is 5.47. The molecule has 1 heterocycles. The highest BCUT2D eigenvalue weighted by atomic mass is 32.2. The number of rotatable bonds is 7. The van der Waals surface area contributed by atoms with Crippen molar-refractivity contribution in [3.8, 4) is 0 Å². The Hall–Kier alpha value is -0.860. The number of hydrogen-bond acceptors (Lipinski definition) is 4. The SMILES string of the molecule is CN=C(NCCC(C)C)NCCS(=O)(=O)N1CC(C)OC(C)C1. The second kappa shape index (κ2) is 9.44. The van der Waals surface area contributed by atoms with Crippen LogP contribution in [0.15, 0.2) is 4.99 Å². The molecule has 1 aliphatic rings. The molecule has 1 aliphatic heterocycles.